The average Bonchev–Trinajstić information content (AvgIpc) is 4.01. The fraction of sp³-hybridized carbons (Fsp3) is 0. The fourth-order valence-electron chi connectivity index (χ4n) is 6.94. The lowest BCUT2D eigenvalue weighted by Crippen LogP contribution is -1.97. The van der Waals surface area contributed by atoms with Crippen molar-refractivity contribution in [2.75, 3.05) is 0 Å². The maximum Gasteiger partial charge on any atom is 0.181 e. The summed E-state index contributed by atoms with van der Waals surface area (Å²) in [6.45, 7) is 0. The zero-order valence-corrected chi connectivity index (χ0v) is 30.6. The van der Waals surface area contributed by atoms with Gasteiger partial charge in [-0.15, -0.1) is 22.7 Å². The number of ether oxygens (including phenoxy) is 2. The monoisotopic (exact) mass is 736 g/mol. The van der Waals surface area contributed by atoms with Crippen LogP contribution in [0, 0.1) is 0 Å². The number of hydrogen-bond acceptors (Lipinski definition) is 7. The average molecular weight is 737 g/mol. The Morgan fingerprint density at radius 2 is 0.755 bits per heavy atom. The molecular weight excluding hydrogens is 709 g/mol. The van der Waals surface area contributed by atoms with E-state index in [9.17, 15) is 0 Å². The highest BCUT2D eigenvalue weighted by Crippen LogP contribution is 2.56. The Morgan fingerprint density at radius 1 is 0.358 bits per heavy atom. The highest BCUT2D eigenvalue weighted by molar-refractivity contribution is 7.19. The minimum Gasteiger partial charge on any atom is -0.453 e. The Bertz CT molecular complexity index is 2700. The molecule has 0 saturated heterocycles. The minimum absolute atomic E-state index is 0.599. The molecule has 0 N–H and O–H groups in total. The van der Waals surface area contributed by atoms with E-state index in [1.165, 1.54) is 44.4 Å². The van der Waals surface area contributed by atoms with Crippen molar-refractivity contribution < 1.29 is 9.47 Å². The van der Waals surface area contributed by atoms with E-state index in [1.807, 2.05) is 60.7 Å². The molecule has 252 valence electrons. The molecular formula is C46H28N2O2S3. The molecule has 0 aliphatic heterocycles. The topological polar surface area (TPSA) is 44.2 Å². The van der Waals surface area contributed by atoms with Crippen molar-refractivity contribution in [1.82, 2.24) is 8.75 Å². The molecule has 10 rings (SSSR count). The van der Waals surface area contributed by atoms with E-state index in [-0.39, 0.29) is 0 Å². The summed E-state index contributed by atoms with van der Waals surface area (Å²) in [5.74, 6) is 2.60. The van der Waals surface area contributed by atoms with E-state index in [2.05, 4.69) is 109 Å². The molecule has 0 bridgehead atoms. The minimum atomic E-state index is 0.599. The smallest absolute Gasteiger partial charge is 0.181 e. The third kappa shape index (κ3) is 5.76. The molecule has 3 aromatic heterocycles. The Morgan fingerprint density at radius 3 is 1.23 bits per heavy atom. The van der Waals surface area contributed by atoms with Crippen molar-refractivity contribution >= 4 is 67.0 Å². The zero-order valence-electron chi connectivity index (χ0n) is 28.1. The number of rotatable bonds is 8. The van der Waals surface area contributed by atoms with Crippen LogP contribution < -0.4 is 9.47 Å². The molecule has 0 atom stereocenters. The van der Waals surface area contributed by atoms with Gasteiger partial charge in [-0.1, -0.05) is 121 Å². The van der Waals surface area contributed by atoms with Gasteiger partial charge in [-0.25, -0.2) is 0 Å². The van der Waals surface area contributed by atoms with Gasteiger partial charge in [-0.05, 0) is 81.2 Å². The van der Waals surface area contributed by atoms with Crippen LogP contribution in [0.25, 0.3) is 74.3 Å². The quantitative estimate of drug-likeness (QED) is 0.156. The zero-order chi connectivity index (χ0) is 35.1. The lowest BCUT2D eigenvalue weighted by molar-refractivity contribution is 0.422. The highest BCUT2D eigenvalue weighted by Gasteiger charge is 2.30. The lowest BCUT2D eigenvalue weighted by atomic mass is 10.0. The summed E-state index contributed by atoms with van der Waals surface area (Å²) in [5, 5.41) is 4.85. The Balaban J connectivity index is 1.23. The first-order valence-electron chi connectivity index (χ1n) is 17.2. The molecule has 0 aliphatic rings. The molecule has 0 saturated carbocycles. The summed E-state index contributed by atoms with van der Waals surface area (Å²) in [6, 6.07) is 58.5. The van der Waals surface area contributed by atoms with Crippen molar-refractivity contribution in [2.24, 2.45) is 0 Å². The normalized spacial score (nSPS) is 11.4. The van der Waals surface area contributed by atoms with Gasteiger partial charge in [0.2, 0.25) is 0 Å². The third-order valence-electron chi connectivity index (χ3n) is 9.36. The Hall–Kier alpha value is -6.12. The van der Waals surface area contributed by atoms with Crippen LogP contribution in [0.1, 0.15) is 0 Å². The maximum absolute atomic E-state index is 6.96. The van der Waals surface area contributed by atoms with E-state index >= 15 is 0 Å². The number of aromatic nitrogens is 2. The standard InChI is InChI=1S/C46H28N2O2S3/c1-3-17-31(18-4-1)49-45-41(39-27-25-37(51-39)35-23-11-15-29-13-7-9-21-33(29)35)43-44(48-53-47-43)42(46(45)50-32-19-5-2-6-20-32)40-28-26-38(52-40)36-24-12-16-30-14-8-10-22-34(30)36/h1-28H. The van der Waals surface area contributed by atoms with Crippen molar-refractivity contribution in [1.29, 1.82) is 0 Å². The van der Waals surface area contributed by atoms with Gasteiger partial charge < -0.3 is 9.47 Å². The SMILES string of the molecule is c1ccc(Oc2c(Oc3ccccc3)c(-c3ccc(-c4cccc5ccccc45)s3)c3nsnc3c2-c2ccc(-c3cccc4ccccc34)s2)cc1. The second-order valence-electron chi connectivity index (χ2n) is 12.6. The molecule has 7 aromatic carbocycles. The van der Waals surface area contributed by atoms with Gasteiger partial charge >= 0.3 is 0 Å². The summed E-state index contributed by atoms with van der Waals surface area (Å²) in [5.41, 5.74) is 5.65. The van der Waals surface area contributed by atoms with Gasteiger partial charge in [0, 0.05) is 19.5 Å². The van der Waals surface area contributed by atoms with E-state index in [4.69, 9.17) is 18.2 Å². The van der Waals surface area contributed by atoms with Crippen molar-refractivity contribution in [3.05, 3.63) is 170 Å². The first kappa shape index (κ1) is 31.6. The van der Waals surface area contributed by atoms with Gasteiger partial charge in [0.1, 0.15) is 22.5 Å². The molecule has 0 amide bonds. The third-order valence-corrected chi connectivity index (χ3v) is 12.2. The summed E-state index contributed by atoms with van der Waals surface area (Å²) in [4.78, 5) is 4.35. The summed E-state index contributed by atoms with van der Waals surface area (Å²) in [7, 11) is 0. The van der Waals surface area contributed by atoms with Crippen LogP contribution in [0.2, 0.25) is 0 Å². The van der Waals surface area contributed by atoms with Crippen molar-refractivity contribution in [3.63, 3.8) is 0 Å². The van der Waals surface area contributed by atoms with Crippen LogP contribution in [0.3, 0.4) is 0 Å². The summed E-state index contributed by atoms with van der Waals surface area (Å²) >= 11 is 4.65. The lowest BCUT2D eigenvalue weighted by Gasteiger charge is -2.19. The van der Waals surface area contributed by atoms with E-state index in [0.29, 0.717) is 23.0 Å². The first-order valence-corrected chi connectivity index (χ1v) is 19.6. The van der Waals surface area contributed by atoms with Crippen LogP contribution in [-0.4, -0.2) is 8.75 Å². The van der Waals surface area contributed by atoms with Crippen LogP contribution in [0.5, 0.6) is 23.0 Å². The Kier molecular flexibility index (Phi) is 8.02. The molecule has 0 fully saturated rings. The number of fused-ring (bicyclic) bond motifs is 3. The molecule has 0 unspecified atom stereocenters. The molecule has 0 aliphatic carbocycles. The van der Waals surface area contributed by atoms with Gasteiger partial charge in [-0.2, -0.15) is 8.75 Å². The number of benzene rings is 7. The van der Waals surface area contributed by atoms with Crippen molar-refractivity contribution in [3.8, 4) is 64.8 Å². The molecule has 0 radical (unpaired) electrons. The second kappa shape index (κ2) is 13.5. The van der Waals surface area contributed by atoms with Crippen LogP contribution in [-0.2, 0) is 0 Å². The molecule has 3 heterocycles. The molecule has 7 heteroatoms. The van der Waals surface area contributed by atoms with Crippen LogP contribution in [0.15, 0.2) is 170 Å². The second-order valence-corrected chi connectivity index (χ2v) is 15.3. The summed E-state index contributed by atoms with van der Waals surface area (Å²) < 4.78 is 23.9. The van der Waals surface area contributed by atoms with Gasteiger partial charge in [-0.3, -0.25) is 0 Å². The predicted molar refractivity (Wildman–Crippen MR) is 223 cm³/mol. The van der Waals surface area contributed by atoms with E-state index in [1.54, 1.807) is 22.7 Å². The fourth-order valence-corrected chi connectivity index (χ4v) is 9.67. The highest BCUT2D eigenvalue weighted by atomic mass is 32.1. The van der Waals surface area contributed by atoms with Crippen LogP contribution in [0.4, 0.5) is 0 Å². The largest absolute Gasteiger partial charge is 0.453 e. The first-order chi connectivity index (χ1) is 26.3. The number of thiophene rings is 2. The van der Waals surface area contributed by atoms with Crippen molar-refractivity contribution in [2.45, 2.75) is 0 Å². The number of para-hydroxylation sites is 2. The number of hydrogen-bond donors (Lipinski definition) is 0. The maximum atomic E-state index is 6.96. The summed E-state index contributed by atoms with van der Waals surface area (Å²) in [6.07, 6.45) is 0. The van der Waals surface area contributed by atoms with Gasteiger partial charge in [0.15, 0.2) is 11.5 Å². The predicted octanol–water partition coefficient (Wildman–Crippen LogP) is 14.4. The molecule has 4 nitrogen and oxygen atoms in total. The van der Waals surface area contributed by atoms with E-state index < -0.39 is 0 Å². The van der Waals surface area contributed by atoms with Gasteiger partial charge in [0.05, 0.1) is 22.9 Å². The van der Waals surface area contributed by atoms with E-state index in [0.717, 1.165) is 41.7 Å². The molecule has 0 spiro atoms. The van der Waals surface area contributed by atoms with Gasteiger partial charge in [0.25, 0.3) is 0 Å². The molecule has 10 aromatic rings. The van der Waals surface area contributed by atoms with Crippen LogP contribution >= 0.6 is 34.4 Å². The Labute approximate surface area is 318 Å². The number of nitrogens with zero attached hydrogens (tertiary/aromatic N) is 2. The molecule has 53 heavy (non-hydrogen) atoms.